The summed E-state index contributed by atoms with van der Waals surface area (Å²) >= 11 is 1.81. The Labute approximate surface area is 72.4 Å². The quantitative estimate of drug-likeness (QED) is 0.502. The van der Waals surface area contributed by atoms with Gasteiger partial charge in [-0.05, 0) is 24.5 Å². The fraction of sp³-hybridized carbons (Fsp3) is 0.875. The minimum absolute atomic E-state index is 0.313. The van der Waals surface area contributed by atoms with E-state index in [1.807, 2.05) is 11.8 Å². The van der Waals surface area contributed by atoms with Gasteiger partial charge in [0.25, 0.3) is 0 Å². The smallest absolute Gasteiger partial charge is 0.101 e. The van der Waals surface area contributed by atoms with Gasteiger partial charge in [0.05, 0.1) is 5.75 Å². The lowest BCUT2D eigenvalue weighted by Crippen LogP contribution is -2.13. The molecule has 0 aromatic rings. The molecule has 0 aromatic carbocycles. The first-order valence-corrected chi connectivity index (χ1v) is 5.35. The average Bonchev–Trinajstić information content (AvgIpc) is 2.39. The maximum atomic E-state index is 7.03. The molecule has 11 heavy (non-hydrogen) atoms. The Morgan fingerprint density at radius 2 is 2.09 bits per heavy atom. The molecule has 0 aliphatic heterocycles. The van der Waals surface area contributed by atoms with Gasteiger partial charge in [0.2, 0.25) is 0 Å². The Bertz CT molecular complexity index is 130. The van der Waals surface area contributed by atoms with Crippen molar-refractivity contribution in [1.82, 2.24) is 0 Å². The molecule has 1 saturated carbocycles. The highest BCUT2D eigenvalue weighted by atomic mass is 32.2. The molecule has 0 saturated heterocycles. The highest BCUT2D eigenvalue weighted by Crippen LogP contribution is 2.27. The van der Waals surface area contributed by atoms with Crippen LogP contribution in [0, 0.1) is 11.3 Å². The number of rotatable bonds is 4. The Hall–Kier alpha value is -0.180. The van der Waals surface area contributed by atoms with Gasteiger partial charge in [0, 0.05) is 0 Å². The second-order valence-corrected chi connectivity index (χ2v) is 4.22. The van der Waals surface area contributed by atoms with Gasteiger partial charge in [0.1, 0.15) is 5.84 Å². The van der Waals surface area contributed by atoms with E-state index < -0.39 is 0 Å². The van der Waals surface area contributed by atoms with Gasteiger partial charge >= 0.3 is 0 Å². The molecule has 0 aromatic heterocycles. The zero-order valence-corrected chi connectivity index (χ0v) is 7.62. The molecule has 0 spiro atoms. The normalized spacial score (nSPS) is 18.9. The van der Waals surface area contributed by atoms with E-state index >= 15 is 0 Å². The number of thioether (sulfide) groups is 1. The molecule has 0 bridgehead atoms. The van der Waals surface area contributed by atoms with Gasteiger partial charge in [-0.15, -0.1) is 0 Å². The first-order valence-electron chi connectivity index (χ1n) is 4.19. The van der Waals surface area contributed by atoms with Crippen LogP contribution in [0.2, 0.25) is 0 Å². The van der Waals surface area contributed by atoms with Crippen LogP contribution in [0.4, 0.5) is 0 Å². The van der Waals surface area contributed by atoms with Crippen molar-refractivity contribution >= 4 is 17.6 Å². The molecule has 1 aliphatic carbocycles. The van der Waals surface area contributed by atoms with Crippen molar-refractivity contribution in [3.05, 3.63) is 0 Å². The summed E-state index contributed by atoms with van der Waals surface area (Å²) in [5.74, 6) is 3.16. The molecule has 1 fully saturated rings. The number of hydrogen-bond donors (Lipinski definition) is 2. The van der Waals surface area contributed by atoms with Crippen molar-refractivity contribution in [2.75, 3.05) is 11.5 Å². The van der Waals surface area contributed by atoms with Crippen molar-refractivity contribution in [3.8, 4) is 0 Å². The Morgan fingerprint density at radius 1 is 1.45 bits per heavy atom. The zero-order chi connectivity index (χ0) is 8.10. The second-order valence-electron chi connectivity index (χ2n) is 3.19. The van der Waals surface area contributed by atoms with Gasteiger partial charge in [-0.2, -0.15) is 11.8 Å². The molecule has 2 nitrogen and oxygen atoms in total. The van der Waals surface area contributed by atoms with E-state index in [1.165, 1.54) is 31.4 Å². The van der Waals surface area contributed by atoms with Gasteiger partial charge in [-0.1, -0.05) is 12.8 Å². The van der Waals surface area contributed by atoms with Crippen LogP contribution in [0.5, 0.6) is 0 Å². The molecule has 0 atom stereocenters. The largest absolute Gasteiger partial charge is 0.387 e. The van der Waals surface area contributed by atoms with Crippen LogP contribution in [0.3, 0.4) is 0 Å². The predicted octanol–water partition coefficient (Wildman–Crippen LogP) is 1.85. The Balaban J connectivity index is 1.98. The van der Waals surface area contributed by atoms with Crippen LogP contribution in [-0.2, 0) is 0 Å². The molecular weight excluding hydrogens is 156 g/mol. The number of amidine groups is 1. The number of nitrogens with two attached hydrogens (primary N) is 1. The van der Waals surface area contributed by atoms with E-state index in [9.17, 15) is 0 Å². The van der Waals surface area contributed by atoms with Crippen LogP contribution in [-0.4, -0.2) is 17.3 Å². The second kappa shape index (κ2) is 4.65. The van der Waals surface area contributed by atoms with Crippen molar-refractivity contribution in [3.63, 3.8) is 0 Å². The summed E-state index contributed by atoms with van der Waals surface area (Å²) in [5, 5.41) is 7.03. The van der Waals surface area contributed by atoms with Gasteiger partial charge in [0.15, 0.2) is 0 Å². The minimum atomic E-state index is 0.313. The minimum Gasteiger partial charge on any atom is -0.387 e. The lowest BCUT2D eigenvalue weighted by molar-refractivity contribution is 0.623. The lowest BCUT2D eigenvalue weighted by Gasteiger charge is -2.06. The number of nitrogens with one attached hydrogen (secondary N) is 1. The summed E-state index contributed by atoms with van der Waals surface area (Å²) in [7, 11) is 0. The van der Waals surface area contributed by atoms with Crippen LogP contribution in [0.25, 0.3) is 0 Å². The van der Waals surface area contributed by atoms with Crippen LogP contribution in [0.1, 0.15) is 25.7 Å². The van der Waals surface area contributed by atoms with E-state index in [0.29, 0.717) is 5.84 Å². The van der Waals surface area contributed by atoms with Crippen LogP contribution < -0.4 is 5.73 Å². The van der Waals surface area contributed by atoms with Crippen molar-refractivity contribution in [1.29, 1.82) is 5.41 Å². The summed E-state index contributed by atoms with van der Waals surface area (Å²) in [6.07, 6.45) is 5.60. The van der Waals surface area contributed by atoms with Crippen LogP contribution in [0.15, 0.2) is 0 Å². The van der Waals surface area contributed by atoms with Gasteiger partial charge in [-0.3, -0.25) is 5.41 Å². The monoisotopic (exact) mass is 172 g/mol. The predicted molar refractivity (Wildman–Crippen MR) is 51.2 cm³/mol. The lowest BCUT2D eigenvalue weighted by atomic mass is 10.1. The van der Waals surface area contributed by atoms with Crippen molar-refractivity contribution in [2.24, 2.45) is 11.7 Å². The fourth-order valence-electron chi connectivity index (χ4n) is 1.51. The van der Waals surface area contributed by atoms with Gasteiger partial charge < -0.3 is 5.73 Å². The van der Waals surface area contributed by atoms with E-state index in [-0.39, 0.29) is 0 Å². The first kappa shape index (κ1) is 8.91. The standard InChI is InChI=1S/C8H16N2S/c9-8(10)6-11-5-7-3-1-2-4-7/h7H,1-6H2,(H3,9,10). The average molecular weight is 172 g/mol. The third-order valence-electron chi connectivity index (χ3n) is 2.09. The van der Waals surface area contributed by atoms with Crippen molar-refractivity contribution < 1.29 is 0 Å². The molecular formula is C8H16N2S. The molecule has 1 rings (SSSR count). The maximum absolute atomic E-state index is 7.03. The van der Waals surface area contributed by atoms with Gasteiger partial charge in [-0.25, -0.2) is 0 Å². The Kier molecular flexibility index (Phi) is 3.77. The highest BCUT2D eigenvalue weighted by Gasteiger charge is 2.14. The summed E-state index contributed by atoms with van der Waals surface area (Å²) < 4.78 is 0. The number of hydrogen-bond acceptors (Lipinski definition) is 2. The highest BCUT2D eigenvalue weighted by molar-refractivity contribution is 7.99. The Morgan fingerprint density at radius 3 is 2.64 bits per heavy atom. The van der Waals surface area contributed by atoms with Crippen molar-refractivity contribution in [2.45, 2.75) is 25.7 Å². The molecule has 3 N–H and O–H groups in total. The van der Waals surface area contributed by atoms with Crippen LogP contribution >= 0.6 is 11.8 Å². The van der Waals surface area contributed by atoms with E-state index in [2.05, 4.69) is 0 Å². The van der Waals surface area contributed by atoms with E-state index in [0.717, 1.165) is 11.7 Å². The molecule has 1 aliphatic rings. The summed E-state index contributed by atoms with van der Waals surface area (Å²) in [4.78, 5) is 0. The summed E-state index contributed by atoms with van der Waals surface area (Å²) in [6, 6.07) is 0. The first-order chi connectivity index (χ1) is 5.29. The summed E-state index contributed by atoms with van der Waals surface area (Å²) in [5.41, 5.74) is 5.24. The fourth-order valence-corrected chi connectivity index (χ4v) is 2.52. The topological polar surface area (TPSA) is 49.9 Å². The molecule has 0 radical (unpaired) electrons. The van der Waals surface area contributed by atoms with E-state index in [4.69, 9.17) is 11.1 Å². The third kappa shape index (κ3) is 3.65. The molecule has 0 amide bonds. The maximum Gasteiger partial charge on any atom is 0.101 e. The third-order valence-corrected chi connectivity index (χ3v) is 3.31. The molecule has 0 unspecified atom stereocenters. The summed E-state index contributed by atoms with van der Waals surface area (Å²) in [6.45, 7) is 0. The molecule has 64 valence electrons. The van der Waals surface area contributed by atoms with E-state index in [1.54, 1.807) is 0 Å². The molecule has 0 heterocycles. The zero-order valence-electron chi connectivity index (χ0n) is 6.81. The molecule has 3 heteroatoms. The SMILES string of the molecule is N=C(N)CSCC1CCCC1.